The van der Waals surface area contributed by atoms with Gasteiger partial charge in [-0.2, -0.15) is 0 Å². The quantitative estimate of drug-likeness (QED) is 0.233. The molecule has 4 nitrogen and oxygen atoms in total. The van der Waals surface area contributed by atoms with E-state index in [1.165, 1.54) is 77.0 Å². The Bertz CT molecular complexity index is 465. The highest BCUT2D eigenvalue weighted by Gasteiger charge is 2.31. The van der Waals surface area contributed by atoms with Crippen molar-refractivity contribution in [2.75, 3.05) is 19.7 Å². The molecule has 2 fully saturated rings. The summed E-state index contributed by atoms with van der Waals surface area (Å²) in [5.74, 6) is 0.533. The summed E-state index contributed by atoms with van der Waals surface area (Å²) in [6, 6.07) is 0. The van der Waals surface area contributed by atoms with Crippen LogP contribution in [0.1, 0.15) is 122 Å². The van der Waals surface area contributed by atoms with Crippen LogP contribution >= 0.6 is 0 Å². The third-order valence-corrected chi connectivity index (χ3v) is 7.09. The monoisotopic (exact) mass is 421 g/mol. The van der Waals surface area contributed by atoms with Crippen molar-refractivity contribution in [3.63, 3.8) is 0 Å². The van der Waals surface area contributed by atoms with Crippen molar-refractivity contribution < 1.29 is 14.3 Å². The normalized spacial score (nSPS) is 18.5. The minimum Gasteiger partial charge on any atom is -0.465 e. The van der Waals surface area contributed by atoms with Gasteiger partial charge in [0.05, 0.1) is 12.5 Å². The van der Waals surface area contributed by atoms with E-state index < -0.39 is 0 Å². The maximum atomic E-state index is 12.6. The lowest BCUT2D eigenvalue weighted by molar-refractivity contribution is -0.152. The summed E-state index contributed by atoms with van der Waals surface area (Å²) >= 11 is 0. The Hall–Kier alpha value is -1.06. The minimum atomic E-state index is -0.0353. The molecule has 4 heteroatoms. The number of piperidine rings is 1. The average molecular weight is 422 g/mol. The maximum absolute atomic E-state index is 12.6. The van der Waals surface area contributed by atoms with Gasteiger partial charge in [-0.05, 0) is 32.1 Å². The van der Waals surface area contributed by atoms with Crippen LogP contribution in [0.3, 0.4) is 0 Å². The first-order chi connectivity index (χ1) is 14.7. The molecule has 0 aromatic rings. The average Bonchev–Trinajstić information content (AvgIpc) is 2.80. The zero-order valence-corrected chi connectivity index (χ0v) is 19.7. The van der Waals surface area contributed by atoms with E-state index in [0.29, 0.717) is 12.5 Å². The van der Waals surface area contributed by atoms with Crippen molar-refractivity contribution >= 4 is 11.9 Å². The first-order valence-electron chi connectivity index (χ1n) is 13.2. The molecule has 0 spiro atoms. The number of nitrogens with zero attached hydrogens (tertiary/aromatic N) is 1. The number of esters is 1. The fraction of sp³-hybridized carbons (Fsp3) is 0.923. The van der Waals surface area contributed by atoms with E-state index >= 15 is 0 Å². The van der Waals surface area contributed by atoms with E-state index in [-0.39, 0.29) is 17.8 Å². The Balaban J connectivity index is 1.43. The minimum absolute atomic E-state index is 0.00638. The molecule has 1 amide bonds. The van der Waals surface area contributed by atoms with Gasteiger partial charge < -0.3 is 9.64 Å². The molecule has 1 aliphatic heterocycles. The Morgan fingerprint density at radius 3 is 1.80 bits per heavy atom. The van der Waals surface area contributed by atoms with Gasteiger partial charge in [-0.15, -0.1) is 0 Å². The Labute approximate surface area is 185 Å². The van der Waals surface area contributed by atoms with Gasteiger partial charge in [-0.1, -0.05) is 90.4 Å². The fourth-order valence-electron chi connectivity index (χ4n) is 5.00. The van der Waals surface area contributed by atoms with Crippen molar-refractivity contribution in [3.05, 3.63) is 0 Å². The number of rotatable bonds is 14. The van der Waals surface area contributed by atoms with Crippen LogP contribution in [0, 0.1) is 11.8 Å². The third kappa shape index (κ3) is 9.83. The predicted molar refractivity (Wildman–Crippen MR) is 123 cm³/mol. The number of amides is 1. The lowest BCUT2D eigenvalue weighted by atomic mass is 9.87. The highest BCUT2D eigenvalue weighted by Crippen LogP contribution is 2.28. The van der Waals surface area contributed by atoms with Crippen LogP contribution in [0.15, 0.2) is 0 Å². The molecule has 30 heavy (non-hydrogen) atoms. The molecule has 1 saturated carbocycles. The number of likely N-dealkylation sites (tertiary alicyclic amines) is 1. The molecule has 0 aromatic carbocycles. The molecular weight excluding hydrogens is 374 g/mol. The largest absolute Gasteiger partial charge is 0.465 e. The molecule has 1 heterocycles. The molecule has 2 rings (SSSR count). The van der Waals surface area contributed by atoms with E-state index in [4.69, 9.17) is 4.74 Å². The van der Waals surface area contributed by atoms with Gasteiger partial charge >= 0.3 is 5.97 Å². The molecule has 0 radical (unpaired) electrons. The van der Waals surface area contributed by atoms with E-state index in [1.54, 1.807) is 0 Å². The summed E-state index contributed by atoms with van der Waals surface area (Å²) in [6.07, 6.45) is 21.7. The highest BCUT2D eigenvalue weighted by molar-refractivity contribution is 5.79. The van der Waals surface area contributed by atoms with Crippen LogP contribution in [-0.2, 0) is 14.3 Å². The van der Waals surface area contributed by atoms with Crippen LogP contribution in [0.25, 0.3) is 0 Å². The van der Waals surface area contributed by atoms with E-state index in [9.17, 15) is 9.59 Å². The molecule has 0 aromatic heterocycles. The van der Waals surface area contributed by atoms with Crippen molar-refractivity contribution in [3.8, 4) is 0 Å². The van der Waals surface area contributed by atoms with Crippen molar-refractivity contribution in [1.82, 2.24) is 4.90 Å². The van der Waals surface area contributed by atoms with Gasteiger partial charge in [0.15, 0.2) is 0 Å². The van der Waals surface area contributed by atoms with Crippen LogP contribution in [0.4, 0.5) is 0 Å². The number of unbranched alkanes of at least 4 members (excludes halogenated alkanes) is 10. The van der Waals surface area contributed by atoms with Gasteiger partial charge in [-0.3, -0.25) is 9.59 Å². The fourth-order valence-corrected chi connectivity index (χ4v) is 5.00. The van der Waals surface area contributed by atoms with Gasteiger partial charge in [-0.25, -0.2) is 0 Å². The zero-order chi connectivity index (χ0) is 21.4. The molecule has 0 bridgehead atoms. The topological polar surface area (TPSA) is 46.6 Å². The van der Waals surface area contributed by atoms with Crippen LogP contribution < -0.4 is 0 Å². The van der Waals surface area contributed by atoms with E-state index in [1.807, 2.05) is 4.90 Å². The van der Waals surface area contributed by atoms with Gasteiger partial charge in [0.1, 0.15) is 0 Å². The molecule has 0 N–H and O–H groups in total. The number of hydrogen-bond acceptors (Lipinski definition) is 3. The molecule has 174 valence electrons. The molecule has 0 atom stereocenters. The van der Waals surface area contributed by atoms with E-state index in [0.717, 1.165) is 51.6 Å². The second-order valence-corrected chi connectivity index (χ2v) is 9.64. The summed E-state index contributed by atoms with van der Waals surface area (Å²) in [5, 5.41) is 0. The van der Waals surface area contributed by atoms with Gasteiger partial charge in [0.25, 0.3) is 0 Å². The number of carbonyl (C=O) groups excluding carboxylic acids is 2. The second-order valence-electron chi connectivity index (χ2n) is 9.64. The molecular formula is C26H47NO3. The van der Waals surface area contributed by atoms with Gasteiger partial charge in [0, 0.05) is 19.0 Å². The number of carbonyl (C=O) groups is 2. The van der Waals surface area contributed by atoms with Crippen molar-refractivity contribution in [2.45, 2.75) is 122 Å². The smallest absolute Gasteiger partial charge is 0.309 e. The second kappa shape index (κ2) is 15.7. The first-order valence-corrected chi connectivity index (χ1v) is 13.2. The SMILES string of the molecule is CCCCCCCCCCCCCOC(=O)C1CCN(C(=O)C2CCCCC2)CC1. The summed E-state index contributed by atoms with van der Waals surface area (Å²) in [7, 11) is 0. The molecule has 1 aliphatic carbocycles. The summed E-state index contributed by atoms with van der Waals surface area (Å²) in [5.41, 5.74) is 0. The Kier molecular flexibility index (Phi) is 13.2. The Morgan fingerprint density at radius 1 is 0.700 bits per heavy atom. The van der Waals surface area contributed by atoms with Gasteiger partial charge in [0.2, 0.25) is 5.91 Å². The van der Waals surface area contributed by atoms with E-state index in [2.05, 4.69) is 6.92 Å². The zero-order valence-electron chi connectivity index (χ0n) is 19.7. The summed E-state index contributed by atoms with van der Waals surface area (Å²) in [6.45, 7) is 4.29. The number of hydrogen-bond donors (Lipinski definition) is 0. The lowest BCUT2D eigenvalue weighted by Crippen LogP contribution is -2.43. The lowest BCUT2D eigenvalue weighted by Gasteiger charge is -2.34. The van der Waals surface area contributed by atoms with Crippen LogP contribution in [-0.4, -0.2) is 36.5 Å². The third-order valence-electron chi connectivity index (χ3n) is 7.09. The van der Waals surface area contributed by atoms with Crippen LogP contribution in [0.5, 0.6) is 0 Å². The molecule has 0 unspecified atom stereocenters. The van der Waals surface area contributed by atoms with Crippen molar-refractivity contribution in [1.29, 1.82) is 0 Å². The van der Waals surface area contributed by atoms with Crippen LogP contribution in [0.2, 0.25) is 0 Å². The summed E-state index contributed by atoms with van der Waals surface area (Å²) < 4.78 is 5.53. The summed E-state index contributed by atoms with van der Waals surface area (Å²) in [4.78, 5) is 27.0. The molecule has 2 aliphatic rings. The maximum Gasteiger partial charge on any atom is 0.309 e. The number of ether oxygens (including phenoxy) is 1. The highest BCUT2D eigenvalue weighted by atomic mass is 16.5. The molecule has 1 saturated heterocycles. The Morgan fingerprint density at radius 2 is 1.23 bits per heavy atom. The first kappa shape index (κ1) is 25.2. The predicted octanol–water partition coefficient (Wildman–Crippen LogP) is 6.66. The van der Waals surface area contributed by atoms with Crippen molar-refractivity contribution in [2.24, 2.45) is 11.8 Å². The standard InChI is InChI=1S/C26H47NO3/c1-2-3-4-5-6-7-8-9-10-11-15-22-30-26(29)24-18-20-27(21-19-24)25(28)23-16-13-12-14-17-23/h23-24H,2-22H2,1H3.